The van der Waals surface area contributed by atoms with E-state index in [1.165, 1.54) is 56.3 Å². The summed E-state index contributed by atoms with van der Waals surface area (Å²) in [5.41, 5.74) is 7.36. The van der Waals surface area contributed by atoms with Crippen molar-refractivity contribution in [3.8, 4) is 11.5 Å². The maximum atomic E-state index is 12.1. The Bertz CT molecular complexity index is 2180. The molecule has 3 aliphatic rings. The lowest BCUT2D eigenvalue weighted by Gasteiger charge is -2.32. The first-order valence-corrected chi connectivity index (χ1v) is 23.0. The third kappa shape index (κ3) is 9.74. The summed E-state index contributed by atoms with van der Waals surface area (Å²) in [7, 11) is 0. The minimum Gasteiger partial charge on any atom is -0.507 e. The van der Waals surface area contributed by atoms with Crippen molar-refractivity contribution >= 4 is 18.3 Å². The molecule has 2 unspecified atom stereocenters. The lowest BCUT2D eigenvalue weighted by atomic mass is 9.72. The Morgan fingerprint density at radius 2 is 1.22 bits per heavy atom. The van der Waals surface area contributed by atoms with Gasteiger partial charge in [0, 0.05) is 52.8 Å². The van der Waals surface area contributed by atoms with Gasteiger partial charge in [-0.25, -0.2) is 0 Å². The molecule has 0 radical (unpaired) electrons. The topological polar surface area (TPSA) is 71.4 Å². The summed E-state index contributed by atoms with van der Waals surface area (Å²) in [6.07, 6.45) is 16.1. The van der Waals surface area contributed by atoms with E-state index >= 15 is 0 Å². The molecular formula is C54H71N4O2+. The zero-order valence-electron chi connectivity index (χ0n) is 37.7. The van der Waals surface area contributed by atoms with Crippen molar-refractivity contribution in [2.24, 2.45) is 9.98 Å². The summed E-state index contributed by atoms with van der Waals surface area (Å²) in [6.45, 7) is 20.2. The highest BCUT2D eigenvalue weighted by Gasteiger charge is 2.33. The highest BCUT2D eigenvalue weighted by molar-refractivity contribution is 5.86. The number of aliphatic imine (C=N–C) groups is 2. The van der Waals surface area contributed by atoms with Crippen molar-refractivity contribution in [2.75, 3.05) is 26.2 Å². The standard InChI is InChI=1S/C54H70N4O2/c1-52(2,3)44-33-39(21-19-30-58-32-20-31-57-29-18-10-15-28-49(57)58)50(59)40(34-44)37-55-47-26-16-17-27-48(47)56-38-41-35-45(53(4,5)42-22-11-8-12-23-42)36-46(51(41)60)54(6,7)43-24-13-9-14-25-43/h8-9,11-14,22-25,33-38,47-48H,10,15-21,26-32H2,1-7H3,(H-,55,56,59,60)/p+1. The fraction of sp³-hybridized carbons (Fsp3) is 0.500. The van der Waals surface area contributed by atoms with E-state index in [1.807, 2.05) is 18.5 Å². The SMILES string of the molecule is CC(C)(C)c1cc(C=NC2CCCCC2N=Cc2cc(C(C)(C)c3ccccc3)cc(C(C)(C)c3ccccc3)c2O)c(O)c(CCCN2CCC[N+]3=C2CCCCC3)c1. The maximum absolute atomic E-state index is 12.1. The predicted octanol–water partition coefficient (Wildman–Crippen LogP) is 11.5. The average molecular weight is 808 g/mol. The fourth-order valence-electron chi connectivity index (χ4n) is 9.79. The number of aryl methyl sites for hydroxylation is 1. The third-order valence-corrected chi connectivity index (χ3v) is 13.9. The summed E-state index contributed by atoms with van der Waals surface area (Å²) >= 11 is 0. The lowest BCUT2D eigenvalue weighted by Crippen LogP contribution is -2.44. The van der Waals surface area contributed by atoms with Crippen LogP contribution in [0.4, 0.5) is 0 Å². The van der Waals surface area contributed by atoms with Gasteiger partial charge < -0.3 is 10.2 Å². The Labute approximate surface area is 361 Å². The number of hydrogen-bond donors (Lipinski definition) is 2. The van der Waals surface area contributed by atoms with Gasteiger partial charge in [-0.05, 0) is 90.3 Å². The Kier molecular flexibility index (Phi) is 13.4. The molecule has 2 heterocycles. The zero-order chi connectivity index (χ0) is 42.5. The quantitative estimate of drug-likeness (QED) is 0.111. The molecule has 6 nitrogen and oxygen atoms in total. The Hall–Kier alpha value is -4.71. The highest BCUT2D eigenvalue weighted by atomic mass is 16.3. The number of hydrogen-bond acceptors (Lipinski definition) is 5. The molecule has 318 valence electrons. The van der Waals surface area contributed by atoms with Crippen LogP contribution in [0.15, 0.2) is 94.9 Å². The van der Waals surface area contributed by atoms with Crippen LogP contribution in [0.5, 0.6) is 11.5 Å². The molecule has 6 heteroatoms. The van der Waals surface area contributed by atoms with Crippen LogP contribution >= 0.6 is 0 Å². The Morgan fingerprint density at radius 1 is 0.633 bits per heavy atom. The molecule has 1 saturated carbocycles. The van der Waals surface area contributed by atoms with E-state index in [0.29, 0.717) is 5.75 Å². The molecule has 1 fully saturated rings. The van der Waals surface area contributed by atoms with Crippen LogP contribution in [0.3, 0.4) is 0 Å². The zero-order valence-corrected chi connectivity index (χ0v) is 37.7. The molecule has 1 aliphatic carbocycles. The monoisotopic (exact) mass is 808 g/mol. The summed E-state index contributed by atoms with van der Waals surface area (Å²) in [6, 6.07) is 29.7. The average Bonchev–Trinajstić information content (AvgIpc) is 3.50. The van der Waals surface area contributed by atoms with E-state index in [9.17, 15) is 10.2 Å². The minimum absolute atomic E-state index is 0.0129. The molecule has 4 aromatic rings. The van der Waals surface area contributed by atoms with E-state index in [2.05, 4.69) is 137 Å². The van der Waals surface area contributed by atoms with Crippen LogP contribution in [0.25, 0.3) is 0 Å². The normalized spacial score (nSPS) is 19.6. The van der Waals surface area contributed by atoms with Gasteiger partial charge in [0.2, 0.25) is 5.84 Å². The molecule has 0 spiro atoms. The number of amidine groups is 1. The van der Waals surface area contributed by atoms with Crippen molar-refractivity contribution in [2.45, 2.75) is 147 Å². The Morgan fingerprint density at radius 3 is 1.85 bits per heavy atom. The van der Waals surface area contributed by atoms with Crippen LogP contribution in [0.2, 0.25) is 0 Å². The molecule has 2 aliphatic heterocycles. The third-order valence-electron chi connectivity index (χ3n) is 13.9. The maximum Gasteiger partial charge on any atom is 0.246 e. The van der Waals surface area contributed by atoms with Gasteiger partial charge in [0.1, 0.15) is 11.5 Å². The van der Waals surface area contributed by atoms with Gasteiger partial charge in [0.25, 0.3) is 0 Å². The van der Waals surface area contributed by atoms with E-state index in [0.717, 1.165) is 85.0 Å². The van der Waals surface area contributed by atoms with Crippen molar-refractivity contribution < 1.29 is 14.8 Å². The van der Waals surface area contributed by atoms with Crippen molar-refractivity contribution in [3.05, 3.63) is 129 Å². The molecule has 0 saturated heterocycles. The van der Waals surface area contributed by atoms with Gasteiger partial charge in [-0.1, -0.05) is 134 Å². The lowest BCUT2D eigenvalue weighted by molar-refractivity contribution is -0.539. The van der Waals surface area contributed by atoms with E-state index in [1.54, 1.807) is 5.84 Å². The summed E-state index contributed by atoms with van der Waals surface area (Å²) in [5, 5.41) is 23.9. The van der Waals surface area contributed by atoms with Crippen LogP contribution < -0.4 is 0 Å². The molecule has 4 aromatic carbocycles. The first-order valence-electron chi connectivity index (χ1n) is 23.0. The number of phenols is 2. The Balaban J connectivity index is 1.16. The smallest absolute Gasteiger partial charge is 0.246 e. The van der Waals surface area contributed by atoms with Crippen LogP contribution in [0, 0.1) is 0 Å². The van der Waals surface area contributed by atoms with Gasteiger partial charge in [-0.15, -0.1) is 0 Å². The van der Waals surface area contributed by atoms with Gasteiger partial charge in [-0.3, -0.25) is 19.5 Å². The van der Waals surface area contributed by atoms with Crippen LogP contribution in [-0.4, -0.2) is 76.2 Å². The van der Waals surface area contributed by atoms with E-state index < -0.39 is 5.41 Å². The first-order chi connectivity index (χ1) is 28.7. The van der Waals surface area contributed by atoms with Crippen molar-refractivity contribution in [1.29, 1.82) is 0 Å². The van der Waals surface area contributed by atoms with Crippen molar-refractivity contribution in [3.63, 3.8) is 0 Å². The second-order valence-electron chi connectivity index (χ2n) is 19.9. The van der Waals surface area contributed by atoms with Crippen LogP contribution in [0.1, 0.15) is 157 Å². The minimum atomic E-state index is -0.445. The molecule has 0 amide bonds. The first kappa shape index (κ1) is 43.4. The number of benzene rings is 4. The molecule has 0 aromatic heterocycles. The van der Waals surface area contributed by atoms with Gasteiger partial charge in [0.15, 0.2) is 0 Å². The number of phenolic OH excluding ortho intramolecular Hbond substituents is 2. The fourth-order valence-corrected chi connectivity index (χ4v) is 9.79. The second kappa shape index (κ2) is 18.5. The number of nitrogens with zero attached hydrogens (tertiary/aromatic N) is 4. The molecule has 2 atom stereocenters. The predicted molar refractivity (Wildman–Crippen MR) is 251 cm³/mol. The summed E-state index contributed by atoms with van der Waals surface area (Å²) < 4.78 is 2.64. The number of rotatable bonds is 12. The number of aromatic hydroxyl groups is 2. The van der Waals surface area contributed by atoms with Crippen LogP contribution in [-0.2, 0) is 22.7 Å². The summed E-state index contributed by atoms with van der Waals surface area (Å²) in [4.78, 5) is 13.1. The highest BCUT2D eigenvalue weighted by Crippen LogP contribution is 2.43. The molecular weight excluding hydrogens is 737 g/mol. The van der Waals surface area contributed by atoms with Gasteiger partial charge >= 0.3 is 0 Å². The van der Waals surface area contributed by atoms with E-state index in [4.69, 9.17) is 9.98 Å². The summed E-state index contributed by atoms with van der Waals surface area (Å²) in [5.74, 6) is 2.19. The van der Waals surface area contributed by atoms with E-state index in [-0.39, 0.29) is 28.7 Å². The molecule has 7 rings (SSSR count). The molecule has 0 bridgehead atoms. The van der Waals surface area contributed by atoms with Gasteiger partial charge in [0.05, 0.1) is 38.3 Å². The molecule has 2 N–H and O–H groups in total. The molecule has 60 heavy (non-hydrogen) atoms. The van der Waals surface area contributed by atoms with Gasteiger partial charge in [-0.2, -0.15) is 0 Å². The van der Waals surface area contributed by atoms with Crippen molar-refractivity contribution in [1.82, 2.24) is 4.90 Å². The second-order valence-corrected chi connectivity index (χ2v) is 19.9. The largest absolute Gasteiger partial charge is 0.507 e.